The molecule has 15 heavy (non-hydrogen) atoms. The van der Waals surface area contributed by atoms with Crippen LogP contribution < -0.4 is 5.32 Å². The van der Waals surface area contributed by atoms with Crippen molar-refractivity contribution in [1.82, 2.24) is 10.3 Å². The maximum atomic E-state index is 11.3. The third-order valence-corrected chi connectivity index (χ3v) is 2.26. The van der Waals surface area contributed by atoms with Gasteiger partial charge in [-0.2, -0.15) is 0 Å². The number of aromatic nitrogens is 1. The highest BCUT2D eigenvalue weighted by Crippen LogP contribution is 2.20. The molecule has 0 bridgehead atoms. The van der Waals surface area contributed by atoms with Gasteiger partial charge in [-0.1, -0.05) is 0 Å². The van der Waals surface area contributed by atoms with Gasteiger partial charge in [0, 0.05) is 7.05 Å². The van der Waals surface area contributed by atoms with E-state index in [-0.39, 0.29) is 11.7 Å². The highest BCUT2D eigenvalue weighted by atomic mass is 16.6. The summed E-state index contributed by atoms with van der Waals surface area (Å²) in [6, 6.07) is 0. The van der Waals surface area contributed by atoms with Gasteiger partial charge in [0.1, 0.15) is 0 Å². The van der Waals surface area contributed by atoms with Crippen LogP contribution in [0.2, 0.25) is 0 Å². The summed E-state index contributed by atoms with van der Waals surface area (Å²) in [5.41, 5.74) is 1.36. The van der Waals surface area contributed by atoms with Crippen molar-refractivity contribution in [2.45, 2.75) is 13.8 Å². The number of hydrogen-bond donors (Lipinski definition) is 1. The quantitative estimate of drug-likeness (QED) is 0.580. The van der Waals surface area contributed by atoms with Gasteiger partial charge in [-0.15, -0.1) is 0 Å². The second kappa shape index (κ2) is 4.04. The van der Waals surface area contributed by atoms with E-state index >= 15 is 0 Å². The van der Waals surface area contributed by atoms with Crippen molar-refractivity contribution in [2.24, 2.45) is 0 Å². The molecule has 0 aliphatic rings. The van der Waals surface area contributed by atoms with E-state index < -0.39 is 4.92 Å². The van der Waals surface area contributed by atoms with Crippen molar-refractivity contribution in [1.29, 1.82) is 0 Å². The second-order valence-electron chi connectivity index (χ2n) is 3.08. The maximum Gasteiger partial charge on any atom is 0.366 e. The van der Waals surface area contributed by atoms with Crippen LogP contribution in [0.25, 0.3) is 0 Å². The van der Waals surface area contributed by atoms with Gasteiger partial charge in [0.25, 0.3) is 5.91 Å². The van der Waals surface area contributed by atoms with Crippen LogP contribution in [-0.4, -0.2) is 22.9 Å². The molecule has 0 aromatic carbocycles. The van der Waals surface area contributed by atoms with Crippen LogP contribution in [0, 0.1) is 24.0 Å². The number of hydrogen-bond acceptors (Lipinski definition) is 4. The lowest BCUT2D eigenvalue weighted by Crippen LogP contribution is -2.20. The number of pyridine rings is 1. The van der Waals surface area contributed by atoms with E-state index in [0.717, 1.165) is 0 Å². The molecule has 1 N–H and O–H groups in total. The SMILES string of the molecule is CNC(=O)c1cnc([N+](=O)[O-])c(C)c1C. The molecule has 0 aliphatic heterocycles. The molecule has 0 spiro atoms. The van der Waals surface area contributed by atoms with E-state index in [4.69, 9.17) is 0 Å². The van der Waals surface area contributed by atoms with Crippen molar-refractivity contribution in [3.05, 3.63) is 33.0 Å². The van der Waals surface area contributed by atoms with E-state index in [1.54, 1.807) is 13.8 Å². The summed E-state index contributed by atoms with van der Waals surface area (Å²) in [6.07, 6.45) is 1.22. The smallest absolute Gasteiger partial charge is 0.358 e. The van der Waals surface area contributed by atoms with Crippen molar-refractivity contribution >= 4 is 11.7 Å². The molecule has 0 unspecified atom stereocenters. The minimum atomic E-state index is -0.560. The van der Waals surface area contributed by atoms with Crippen molar-refractivity contribution < 1.29 is 9.72 Å². The Morgan fingerprint density at radius 1 is 1.47 bits per heavy atom. The van der Waals surface area contributed by atoms with Gasteiger partial charge in [0.05, 0.1) is 11.1 Å². The van der Waals surface area contributed by atoms with Crippen molar-refractivity contribution in [3.63, 3.8) is 0 Å². The Bertz CT molecular complexity index is 429. The van der Waals surface area contributed by atoms with Gasteiger partial charge in [0.15, 0.2) is 6.20 Å². The Morgan fingerprint density at radius 2 is 2.07 bits per heavy atom. The van der Waals surface area contributed by atoms with Gasteiger partial charge >= 0.3 is 5.82 Å². The summed E-state index contributed by atoms with van der Waals surface area (Å²) < 4.78 is 0. The molecule has 1 heterocycles. The van der Waals surface area contributed by atoms with E-state index in [0.29, 0.717) is 16.7 Å². The van der Waals surface area contributed by atoms with Gasteiger partial charge in [0.2, 0.25) is 0 Å². The third kappa shape index (κ3) is 1.93. The number of nitro groups is 1. The summed E-state index contributed by atoms with van der Waals surface area (Å²) in [6.45, 7) is 3.24. The van der Waals surface area contributed by atoms with Crippen LogP contribution in [0.15, 0.2) is 6.20 Å². The average molecular weight is 209 g/mol. The van der Waals surface area contributed by atoms with Crippen LogP contribution >= 0.6 is 0 Å². The van der Waals surface area contributed by atoms with Crippen molar-refractivity contribution in [2.75, 3.05) is 7.05 Å². The number of nitrogens with zero attached hydrogens (tertiary/aromatic N) is 2. The molecule has 1 aromatic rings. The molecule has 0 atom stereocenters. The highest BCUT2D eigenvalue weighted by Gasteiger charge is 2.19. The Balaban J connectivity index is 3.33. The molecule has 0 fully saturated rings. The van der Waals surface area contributed by atoms with E-state index in [9.17, 15) is 14.9 Å². The summed E-state index contributed by atoms with van der Waals surface area (Å²) in [5.74, 6) is -0.502. The minimum Gasteiger partial charge on any atom is -0.358 e. The zero-order valence-electron chi connectivity index (χ0n) is 8.70. The maximum absolute atomic E-state index is 11.3. The molecular weight excluding hydrogens is 198 g/mol. The van der Waals surface area contributed by atoms with E-state index in [1.807, 2.05) is 0 Å². The molecule has 0 radical (unpaired) electrons. The van der Waals surface area contributed by atoms with Crippen LogP contribution in [0.1, 0.15) is 21.5 Å². The topological polar surface area (TPSA) is 85.1 Å². The van der Waals surface area contributed by atoms with E-state index in [1.165, 1.54) is 13.2 Å². The lowest BCUT2D eigenvalue weighted by Gasteiger charge is -2.05. The summed E-state index contributed by atoms with van der Waals surface area (Å²) in [5, 5.41) is 13.0. The second-order valence-corrected chi connectivity index (χ2v) is 3.08. The van der Waals surface area contributed by atoms with Crippen LogP contribution in [0.4, 0.5) is 5.82 Å². The monoisotopic (exact) mass is 209 g/mol. The predicted octanol–water partition coefficient (Wildman–Crippen LogP) is 0.966. The number of carbonyl (C=O) groups is 1. The molecule has 1 rings (SSSR count). The fraction of sp³-hybridized carbons (Fsp3) is 0.333. The molecule has 0 aliphatic carbocycles. The van der Waals surface area contributed by atoms with Gasteiger partial charge < -0.3 is 15.4 Å². The number of carbonyl (C=O) groups excluding carboxylic acids is 1. The fourth-order valence-electron chi connectivity index (χ4n) is 1.24. The first kappa shape index (κ1) is 11.1. The lowest BCUT2D eigenvalue weighted by molar-refractivity contribution is -0.390. The predicted molar refractivity (Wildman–Crippen MR) is 53.8 cm³/mol. The third-order valence-electron chi connectivity index (χ3n) is 2.26. The number of rotatable bonds is 2. The molecular formula is C9H11N3O3. The summed E-state index contributed by atoms with van der Waals surface area (Å²) in [7, 11) is 1.50. The molecule has 6 nitrogen and oxygen atoms in total. The molecule has 1 aromatic heterocycles. The Hall–Kier alpha value is -1.98. The van der Waals surface area contributed by atoms with Gasteiger partial charge in [-0.25, -0.2) is 0 Å². The lowest BCUT2D eigenvalue weighted by atomic mass is 10.1. The van der Waals surface area contributed by atoms with Gasteiger partial charge in [-0.3, -0.25) is 4.79 Å². The molecule has 6 heteroatoms. The highest BCUT2D eigenvalue weighted by molar-refractivity contribution is 5.95. The normalized spacial score (nSPS) is 9.80. The van der Waals surface area contributed by atoms with Crippen LogP contribution in [0.5, 0.6) is 0 Å². The molecule has 1 amide bonds. The fourth-order valence-corrected chi connectivity index (χ4v) is 1.24. The minimum absolute atomic E-state index is 0.208. The number of nitrogens with one attached hydrogen (secondary N) is 1. The van der Waals surface area contributed by atoms with Crippen LogP contribution in [0.3, 0.4) is 0 Å². The van der Waals surface area contributed by atoms with E-state index in [2.05, 4.69) is 10.3 Å². The Kier molecular flexibility index (Phi) is 2.99. The molecule has 0 saturated heterocycles. The first-order valence-electron chi connectivity index (χ1n) is 4.31. The largest absolute Gasteiger partial charge is 0.366 e. The Morgan fingerprint density at radius 3 is 2.53 bits per heavy atom. The number of amides is 1. The zero-order chi connectivity index (χ0) is 11.6. The average Bonchev–Trinajstić information content (AvgIpc) is 2.20. The summed E-state index contributed by atoms with van der Waals surface area (Å²) >= 11 is 0. The Labute approximate surface area is 86.5 Å². The van der Waals surface area contributed by atoms with Crippen LogP contribution in [-0.2, 0) is 0 Å². The standard InChI is InChI=1S/C9H11N3O3/c1-5-6(2)8(12(14)15)11-4-7(5)9(13)10-3/h4H,1-3H3,(H,10,13). The first-order valence-corrected chi connectivity index (χ1v) is 4.31. The zero-order valence-corrected chi connectivity index (χ0v) is 8.70. The summed E-state index contributed by atoms with van der Waals surface area (Å²) in [4.78, 5) is 25.0. The molecule has 0 saturated carbocycles. The first-order chi connectivity index (χ1) is 6.99. The van der Waals surface area contributed by atoms with Gasteiger partial charge in [-0.05, 0) is 29.3 Å². The van der Waals surface area contributed by atoms with Crippen molar-refractivity contribution in [3.8, 4) is 0 Å². The molecule has 80 valence electrons.